The predicted molar refractivity (Wildman–Crippen MR) is 78.5 cm³/mol. The molecule has 0 aromatic heterocycles. The third-order valence-corrected chi connectivity index (χ3v) is 4.08. The molecule has 1 aliphatic heterocycles. The number of halogens is 1. The molecule has 2 amide bonds. The molecule has 2 rings (SSSR count). The highest BCUT2D eigenvalue weighted by Gasteiger charge is 2.39. The topological polar surface area (TPSA) is 87.5 Å². The molecular formula is C14H19FN4O2. The second-order valence-corrected chi connectivity index (χ2v) is 5.08. The zero-order valence-electron chi connectivity index (χ0n) is 11.9. The summed E-state index contributed by atoms with van der Waals surface area (Å²) in [6.07, 6.45) is 1.48. The van der Waals surface area contributed by atoms with Crippen LogP contribution in [-0.2, 0) is 9.59 Å². The molecule has 0 atom stereocenters. The molecule has 21 heavy (non-hydrogen) atoms. The number of primary amides is 1. The molecule has 114 valence electrons. The summed E-state index contributed by atoms with van der Waals surface area (Å²) in [4.78, 5) is 24.1. The molecule has 6 nitrogen and oxygen atoms in total. The third kappa shape index (κ3) is 2.82. The Balaban J connectivity index is 2.23. The van der Waals surface area contributed by atoms with E-state index in [1.807, 2.05) is 4.90 Å². The maximum atomic E-state index is 14.1. The summed E-state index contributed by atoms with van der Waals surface area (Å²) < 4.78 is 14.1. The van der Waals surface area contributed by atoms with E-state index < -0.39 is 17.3 Å². The minimum absolute atomic E-state index is 0.346. The van der Waals surface area contributed by atoms with Gasteiger partial charge in [-0.2, -0.15) is 0 Å². The fourth-order valence-electron chi connectivity index (χ4n) is 2.75. The molecule has 0 radical (unpaired) electrons. The SMILES string of the molecule is CNC1(C(N)=O)CCN(c2c(F)cccc2NC=O)CC1. The number of hydrogen-bond acceptors (Lipinski definition) is 4. The van der Waals surface area contributed by atoms with Gasteiger partial charge in [-0.25, -0.2) is 4.39 Å². The van der Waals surface area contributed by atoms with Crippen LogP contribution in [0.15, 0.2) is 18.2 Å². The Hall–Kier alpha value is -2.15. The van der Waals surface area contributed by atoms with E-state index in [1.54, 1.807) is 13.1 Å². The number of anilines is 2. The van der Waals surface area contributed by atoms with Crippen LogP contribution in [0.1, 0.15) is 12.8 Å². The van der Waals surface area contributed by atoms with Gasteiger partial charge in [0.1, 0.15) is 11.4 Å². The van der Waals surface area contributed by atoms with E-state index in [9.17, 15) is 14.0 Å². The van der Waals surface area contributed by atoms with Gasteiger partial charge in [-0.1, -0.05) is 6.07 Å². The van der Waals surface area contributed by atoms with Gasteiger partial charge in [-0.3, -0.25) is 9.59 Å². The molecule has 1 aromatic rings. The Morgan fingerprint density at radius 2 is 2.10 bits per heavy atom. The Morgan fingerprint density at radius 3 is 2.62 bits per heavy atom. The first-order chi connectivity index (χ1) is 10.0. The molecule has 1 aromatic carbocycles. The first-order valence-corrected chi connectivity index (χ1v) is 6.76. The van der Waals surface area contributed by atoms with E-state index >= 15 is 0 Å². The fraction of sp³-hybridized carbons (Fsp3) is 0.429. The van der Waals surface area contributed by atoms with Crippen molar-refractivity contribution in [1.29, 1.82) is 0 Å². The molecule has 4 N–H and O–H groups in total. The van der Waals surface area contributed by atoms with E-state index in [4.69, 9.17) is 5.73 Å². The monoisotopic (exact) mass is 294 g/mol. The van der Waals surface area contributed by atoms with E-state index in [0.717, 1.165) is 0 Å². The first kappa shape index (κ1) is 15.2. The fourth-order valence-corrected chi connectivity index (χ4v) is 2.75. The van der Waals surface area contributed by atoms with Crippen LogP contribution >= 0.6 is 0 Å². The Bertz CT molecular complexity index is 542. The number of carbonyl (C=O) groups is 2. The zero-order valence-corrected chi connectivity index (χ0v) is 11.9. The number of benzene rings is 1. The average molecular weight is 294 g/mol. The number of rotatable bonds is 5. The van der Waals surface area contributed by atoms with Crippen LogP contribution in [0.25, 0.3) is 0 Å². The maximum absolute atomic E-state index is 14.1. The normalized spacial score (nSPS) is 17.3. The molecular weight excluding hydrogens is 275 g/mol. The lowest BCUT2D eigenvalue weighted by atomic mass is 9.86. The van der Waals surface area contributed by atoms with Crippen LogP contribution in [0.4, 0.5) is 15.8 Å². The number of para-hydroxylation sites is 1. The van der Waals surface area contributed by atoms with Crippen molar-refractivity contribution in [3.63, 3.8) is 0 Å². The van der Waals surface area contributed by atoms with Crippen molar-refractivity contribution in [2.75, 3.05) is 30.4 Å². The van der Waals surface area contributed by atoms with Gasteiger partial charge in [0, 0.05) is 13.1 Å². The number of likely N-dealkylation sites (N-methyl/N-ethyl adjacent to an activating group) is 1. The van der Waals surface area contributed by atoms with Crippen LogP contribution in [0, 0.1) is 5.82 Å². The van der Waals surface area contributed by atoms with Crippen molar-refractivity contribution in [1.82, 2.24) is 5.32 Å². The Morgan fingerprint density at radius 1 is 1.43 bits per heavy atom. The van der Waals surface area contributed by atoms with Crippen molar-refractivity contribution in [3.05, 3.63) is 24.0 Å². The molecule has 1 fully saturated rings. The van der Waals surface area contributed by atoms with Crippen LogP contribution in [0.5, 0.6) is 0 Å². The molecule has 0 aliphatic carbocycles. The molecule has 1 heterocycles. The molecule has 0 unspecified atom stereocenters. The van der Waals surface area contributed by atoms with Gasteiger partial charge in [0.2, 0.25) is 12.3 Å². The number of nitrogens with one attached hydrogen (secondary N) is 2. The average Bonchev–Trinajstić information content (AvgIpc) is 2.48. The highest BCUT2D eigenvalue weighted by molar-refractivity contribution is 5.86. The maximum Gasteiger partial charge on any atom is 0.237 e. The van der Waals surface area contributed by atoms with E-state index in [2.05, 4.69) is 10.6 Å². The van der Waals surface area contributed by atoms with Crippen molar-refractivity contribution < 1.29 is 14.0 Å². The minimum atomic E-state index is -0.750. The van der Waals surface area contributed by atoms with Crippen molar-refractivity contribution in [3.8, 4) is 0 Å². The van der Waals surface area contributed by atoms with Gasteiger partial charge >= 0.3 is 0 Å². The van der Waals surface area contributed by atoms with E-state index in [1.165, 1.54) is 12.1 Å². The summed E-state index contributed by atoms with van der Waals surface area (Å²) in [6, 6.07) is 4.52. The van der Waals surface area contributed by atoms with Crippen LogP contribution < -0.4 is 21.3 Å². The predicted octanol–water partition coefficient (Wildman–Crippen LogP) is 0.438. The lowest BCUT2D eigenvalue weighted by molar-refractivity contribution is -0.125. The highest BCUT2D eigenvalue weighted by atomic mass is 19.1. The summed E-state index contributed by atoms with van der Waals surface area (Å²) in [7, 11) is 1.70. The summed E-state index contributed by atoms with van der Waals surface area (Å²) in [5.41, 5.74) is 5.47. The lowest BCUT2D eigenvalue weighted by Gasteiger charge is -2.41. The summed E-state index contributed by atoms with van der Waals surface area (Å²) in [6.45, 7) is 0.941. The molecule has 0 spiro atoms. The van der Waals surface area contributed by atoms with Crippen molar-refractivity contribution in [2.24, 2.45) is 5.73 Å². The first-order valence-electron chi connectivity index (χ1n) is 6.76. The second-order valence-electron chi connectivity index (χ2n) is 5.08. The molecule has 0 bridgehead atoms. The van der Waals surface area contributed by atoms with Crippen LogP contribution in [-0.4, -0.2) is 38.0 Å². The van der Waals surface area contributed by atoms with Crippen molar-refractivity contribution in [2.45, 2.75) is 18.4 Å². The highest BCUT2D eigenvalue weighted by Crippen LogP contribution is 2.33. The Kier molecular flexibility index (Phi) is 4.42. The van der Waals surface area contributed by atoms with Crippen LogP contribution in [0.3, 0.4) is 0 Å². The summed E-state index contributed by atoms with van der Waals surface area (Å²) >= 11 is 0. The molecule has 0 saturated carbocycles. The van der Waals surface area contributed by atoms with E-state index in [0.29, 0.717) is 43.7 Å². The standard InChI is InChI=1S/C14H19FN4O2/c1-17-14(13(16)21)5-7-19(8-6-14)12-10(15)3-2-4-11(12)18-9-20/h2-4,9,17H,5-8H2,1H3,(H2,16,21)(H,18,20). The minimum Gasteiger partial charge on any atom is -0.368 e. The third-order valence-electron chi connectivity index (χ3n) is 4.08. The quantitative estimate of drug-likeness (QED) is 0.688. The summed E-state index contributed by atoms with van der Waals surface area (Å²) in [5, 5.41) is 5.48. The second kappa shape index (κ2) is 6.09. The van der Waals surface area contributed by atoms with E-state index in [-0.39, 0.29) is 0 Å². The van der Waals surface area contributed by atoms with Gasteiger partial charge in [0.05, 0.1) is 11.4 Å². The van der Waals surface area contributed by atoms with Crippen molar-refractivity contribution >= 4 is 23.7 Å². The summed E-state index contributed by atoms with van der Waals surface area (Å²) in [5.74, 6) is -0.803. The lowest BCUT2D eigenvalue weighted by Crippen LogP contribution is -2.59. The largest absolute Gasteiger partial charge is 0.368 e. The number of hydrogen-bond donors (Lipinski definition) is 3. The number of carbonyl (C=O) groups excluding carboxylic acids is 2. The molecule has 1 aliphatic rings. The number of nitrogens with zero attached hydrogens (tertiary/aromatic N) is 1. The molecule has 7 heteroatoms. The van der Waals surface area contributed by atoms with Gasteiger partial charge < -0.3 is 21.3 Å². The van der Waals surface area contributed by atoms with Gasteiger partial charge in [-0.15, -0.1) is 0 Å². The number of amides is 2. The smallest absolute Gasteiger partial charge is 0.237 e. The number of piperidine rings is 1. The molecule has 1 saturated heterocycles. The zero-order chi connectivity index (χ0) is 15.5. The number of nitrogens with two attached hydrogens (primary N) is 1. The van der Waals surface area contributed by atoms with Gasteiger partial charge in [-0.05, 0) is 32.0 Å². The van der Waals surface area contributed by atoms with Crippen LogP contribution in [0.2, 0.25) is 0 Å². The van der Waals surface area contributed by atoms with Gasteiger partial charge in [0.25, 0.3) is 0 Å². The van der Waals surface area contributed by atoms with Gasteiger partial charge in [0.15, 0.2) is 0 Å². The Labute approximate surface area is 122 Å².